The molecule has 0 amide bonds. The molecule has 1 aromatic heterocycles. The van der Waals surface area contributed by atoms with E-state index in [2.05, 4.69) is 24.0 Å². The van der Waals surface area contributed by atoms with Crippen molar-refractivity contribution >= 4 is 23.3 Å². The highest BCUT2D eigenvalue weighted by molar-refractivity contribution is 7.17. The Balaban J connectivity index is 1.57. The first-order valence-electron chi connectivity index (χ1n) is 11.9. The Morgan fingerprint density at radius 1 is 0.714 bits per heavy atom. The predicted molar refractivity (Wildman–Crippen MR) is 139 cm³/mol. The zero-order valence-corrected chi connectivity index (χ0v) is 20.9. The Morgan fingerprint density at radius 2 is 1.11 bits per heavy atom. The lowest BCUT2D eigenvalue weighted by Crippen LogP contribution is -2.03. The minimum Gasteiger partial charge on any atom is -0.423 e. The predicted octanol–water partition coefficient (Wildman–Crippen LogP) is 7.18. The van der Waals surface area contributed by atoms with E-state index in [9.17, 15) is 9.59 Å². The van der Waals surface area contributed by atoms with E-state index in [1.807, 2.05) is 36.4 Å². The van der Waals surface area contributed by atoms with Gasteiger partial charge in [-0.25, -0.2) is 9.59 Å². The highest BCUT2D eigenvalue weighted by Crippen LogP contribution is 2.31. The number of unbranched alkanes of at least 4 members (excludes halogenated alkanes) is 4. The average molecular weight is 491 g/mol. The van der Waals surface area contributed by atoms with E-state index in [0.29, 0.717) is 11.5 Å². The number of benzene rings is 2. The number of esters is 2. The van der Waals surface area contributed by atoms with Gasteiger partial charge in [0.1, 0.15) is 21.5 Å². The smallest absolute Gasteiger partial charge is 0.335 e. The summed E-state index contributed by atoms with van der Waals surface area (Å²) in [7, 11) is 0. The SMILES string of the molecule is CCCCC=CC(=O)Oc1ccc(-c2nnc(-c3ccc(OC(=O)C=CCCCC)cc3)s2)cc1. The minimum absolute atomic E-state index is 0.381. The summed E-state index contributed by atoms with van der Waals surface area (Å²) in [4.78, 5) is 23.8. The summed E-state index contributed by atoms with van der Waals surface area (Å²) in [5.74, 6) is 0.199. The van der Waals surface area contributed by atoms with E-state index >= 15 is 0 Å². The quantitative estimate of drug-likeness (QED) is 0.116. The summed E-state index contributed by atoms with van der Waals surface area (Å²) in [6.07, 6.45) is 12.6. The molecule has 0 unspecified atom stereocenters. The van der Waals surface area contributed by atoms with Crippen LogP contribution >= 0.6 is 11.3 Å². The normalized spacial score (nSPS) is 11.3. The molecule has 6 nitrogen and oxygen atoms in total. The Hall–Kier alpha value is -3.58. The fraction of sp³-hybridized carbons (Fsp3) is 0.286. The van der Waals surface area contributed by atoms with Gasteiger partial charge in [0.2, 0.25) is 0 Å². The van der Waals surface area contributed by atoms with Crippen molar-refractivity contribution in [3.8, 4) is 32.6 Å². The molecule has 0 fully saturated rings. The maximum Gasteiger partial charge on any atom is 0.335 e. The highest BCUT2D eigenvalue weighted by Gasteiger charge is 2.10. The van der Waals surface area contributed by atoms with Crippen LogP contribution in [0.1, 0.15) is 52.4 Å². The van der Waals surface area contributed by atoms with E-state index in [0.717, 1.165) is 59.7 Å². The van der Waals surface area contributed by atoms with Crippen LogP contribution in [0.5, 0.6) is 11.5 Å². The molecular formula is C28H30N2O4S. The first-order chi connectivity index (χ1) is 17.1. The van der Waals surface area contributed by atoms with Crippen LogP contribution in [-0.4, -0.2) is 22.1 Å². The molecule has 0 aliphatic rings. The van der Waals surface area contributed by atoms with Crippen molar-refractivity contribution in [1.29, 1.82) is 0 Å². The number of carbonyl (C=O) groups excluding carboxylic acids is 2. The van der Waals surface area contributed by atoms with Crippen LogP contribution in [0.15, 0.2) is 72.8 Å². The first kappa shape index (κ1) is 26.0. The molecule has 35 heavy (non-hydrogen) atoms. The third-order valence-electron chi connectivity index (χ3n) is 5.02. The monoisotopic (exact) mass is 490 g/mol. The van der Waals surface area contributed by atoms with Crippen LogP contribution in [0.25, 0.3) is 21.1 Å². The highest BCUT2D eigenvalue weighted by atomic mass is 32.1. The molecule has 0 saturated carbocycles. The molecule has 1 heterocycles. The Labute approximate surface area is 210 Å². The molecule has 0 radical (unpaired) electrons. The van der Waals surface area contributed by atoms with Gasteiger partial charge in [-0.1, -0.05) is 63.0 Å². The fourth-order valence-electron chi connectivity index (χ4n) is 3.09. The molecule has 2 aromatic carbocycles. The molecule has 0 saturated heterocycles. The summed E-state index contributed by atoms with van der Waals surface area (Å²) in [5, 5.41) is 10.1. The maximum absolute atomic E-state index is 11.9. The van der Waals surface area contributed by atoms with Crippen LogP contribution in [0.4, 0.5) is 0 Å². The summed E-state index contributed by atoms with van der Waals surface area (Å²) < 4.78 is 10.7. The first-order valence-corrected chi connectivity index (χ1v) is 12.7. The van der Waals surface area contributed by atoms with E-state index in [4.69, 9.17) is 9.47 Å². The van der Waals surface area contributed by atoms with Gasteiger partial charge >= 0.3 is 11.9 Å². The number of hydrogen-bond acceptors (Lipinski definition) is 7. The third kappa shape index (κ3) is 8.61. The third-order valence-corrected chi connectivity index (χ3v) is 6.04. The Kier molecular flexibility index (Phi) is 10.4. The molecule has 0 spiro atoms. The largest absolute Gasteiger partial charge is 0.423 e. The number of nitrogens with zero attached hydrogens (tertiary/aromatic N) is 2. The van der Waals surface area contributed by atoms with E-state index in [1.165, 1.54) is 23.5 Å². The van der Waals surface area contributed by atoms with Gasteiger partial charge in [-0.3, -0.25) is 0 Å². The molecular weight excluding hydrogens is 460 g/mol. The zero-order valence-electron chi connectivity index (χ0n) is 20.1. The van der Waals surface area contributed by atoms with Crippen molar-refractivity contribution in [3.63, 3.8) is 0 Å². The number of aromatic nitrogens is 2. The zero-order chi connectivity index (χ0) is 24.9. The van der Waals surface area contributed by atoms with E-state index < -0.39 is 0 Å². The average Bonchev–Trinajstić information content (AvgIpc) is 3.36. The van der Waals surface area contributed by atoms with Gasteiger partial charge in [0.15, 0.2) is 0 Å². The van der Waals surface area contributed by atoms with Gasteiger partial charge in [0, 0.05) is 23.3 Å². The molecule has 182 valence electrons. The van der Waals surface area contributed by atoms with Crippen molar-refractivity contribution in [2.75, 3.05) is 0 Å². The molecule has 0 atom stereocenters. The Bertz CT molecular complexity index is 1060. The summed E-state index contributed by atoms with van der Waals surface area (Å²) >= 11 is 1.45. The summed E-state index contributed by atoms with van der Waals surface area (Å²) in [6.45, 7) is 4.22. The maximum atomic E-state index is 11.9. The van der Waals surface area contributed by atoms with Crippen LogP contribution in [0.3, 0.4) is 0 Å². The number of hydrogen-bond donors (Lipinski definition) is 0. The molecule has 0 aliphatic carbocycles. The Morgan fingerprint density at radius 3 is 1.49 bits per heavy atom. The van der Waals surface area contributed by atoms with Crippen molar-refractivity contribution in [1.82, 2.24) is 10.2 Å². The lowest BCUT2D eigenvalue weighted by molar-refractivity contribution is -0.129. The standard InChI is InChI=1S/C28H30N2O4S/c1-3-5-7-9-11-25(31)33-23-17-13-21(14-18-23)27-29-30-28(35-27)22-15-19-24(20-16-22)34-26(32)12-10-8-6-4-2/h9-20H,3-8H2,1-2H3. The second-order valence-corrected chi connectivity index (χ2v) is 8.87. The summed E-state index contributed by atoms with van der Waals surface area (Å²) in [6, 6.07) is 14.4. The number of allylic oxidation sites excluding steroid dienone is 2. The molecule has 3 rings (SSSR count). The second-order valence-electron chi connectivity index (χ2n) is 7.89. The number of carbonyl (C=O) groups is 2. The molecule has 3 aromatic rings. The molecule has 0 bridgehead atoms. The van der Waals surface area contributed by atoms with Gasteiger partial charge in [0.05, 0.1) is 0 Å². The van der Waals surface area contributed by atoms with Gasteiger partial charge in [-0.2, -0.15) is 0 Å². The number of rotatable bonds is 12. The van der Waals surface area contributed by atoms with Crippen LogP contribution in [-0.2, 0) is 9.59 Å². The molecule has 0 N–H and O–H groups in total. The van der Waals surface area contributed by atoms with Gasteiger partial charge in [0.25, 0.3) is 0 Å². The van der Waals surface area contributed by atoms with Crippen LogP contribution in [0, 0.1) is 0 Å². The number of ether oxygens (including phenoxy) is 2. The second kappa shape index (κ2) is 14.0. The minimum atomic E-state index is -0.381. The van der Waals surface area contributed by atoms with Crippen molar-refractivity contribution in [2.45, 2.75) is 52.4 Å². The lowest BCUT2D eigenvalue weighted by Gasteiger charge is -2.02. The van der Waals surface area contributed by atoms with E-state index in [1.54, 1.807) is 24.3 Å². The van der Waals surface area contributed by atoms with Crippen molar-refractivity contribution in [3.05, 3.63) is 72.8 Å². The fourth-order valence-corrected chi connectivity index (χ4v) is 3.95. The summed E-state index contributed by atoms with van der Waals surface area (Å²) in [5.41, 5.74) is 1.76. The van der Waals surface area contributed by atoms with Crippen molar-refractivity contribution in [2.24, 2.45) is 0 Å². The lowest BCUT2D eigenvalue weighted by atomic mass is 10.2. The van der Waals surface area contributed by atoms with Gasteiger partial charge in [-0.05, 0) is 61.4 Å². The van der Waals surface area contributed by atoms with Crippen molar-refractivity contribution < 1.29 is 19.1 Å². The van der Waals surface area contributed by atoms with Crippen LogP contribution in [0.2, 0.25) is 0 Å². The molecule has 7 heteroatoms. The van der Waals surface area contributed by atoms with Gasteiger partial charge < -0.3 is 9.47 Å². The van der Waals surface area contributed by atoms with Crippen LogP contribution < -0.4 is 9.47 Å². The molecule has 0 aliphatic heterocycles. The topological polar surface area (TPSA) is 78.4 Å². The van der Waals surface area contributed by atoms with E-state index in [-0.39, 0.29) is 11.9 Å². The van der Waals surface area contributed by atoms with Gasteiger partial charge in [-0.15, -0.1) is 10.2 Å².